The Morgan fingerprint density at radius 1 is 0.324 bits per heavy atom. The van der Waals surface area contributed by atoms with E-state index in [0.717, 1.165) is 42.5 Å². The molecule has 10 atom stereocenters. The molecule has 20 N–H and O–H groups in total. The van der Waals surface area contributed by atoms with Crippen LogP contribution >= 0.6 is 0 Å². The van der Waals surface area contributed by atoms with Gasteiger partial charge in [-0.25, -0.2) is 24.0 Å². The quantitative estimate of drug-likeness (QED) is 0.0244. The van der Waals surface area contributed by atoms with Gasteiger partial charge in [0.25, 0.3) is 17.7 Å². The van der Waals surface area contributed by atoms with Crippen LogP contribution < -0.4 is 16.0 Å². The number of carbonyl (C=O) groups excluding carboxylic acids is 8. The largest absolute Gasteiger partial charge is 0.504 e. The fourth-order valence-electron chi connectivity index (χ4n) is 10.5. The normalized spacial score (nSPS) is 24.7. The van der Waals surface area contributed by atoms with Gasteiger partial charge in [-0.05, 0) is 119 Å². The molecular weight excluding hydrogens is 1350 g/mol. The Kier molecular flexibility index (Phi) is 27.1. The summed E-state index contributed by atoms with van der Waals surface area (Å²) in [6.45, 7) is 0. The number of rotatable bonds is 18. The lowest BCUT2D eigenvalue weighted by molar-refractivity contribution is -0.205. The number of aliphatic hydroxyl groups excluding tert-OH is 4. The Labute approximate surface area is 578 Å². The maximum absolute atomic E-state index is 13.0. The summed E-state index contributed by atoms with van der Waals surface area (Å²) in [6, 6.07) is 19.0. The standard InChI is InChI=1S/C35H33NO14.2C17H21NO8/c1-36-34(46)35(47)17-28(48-30(43)11-5-19-2-8-22(37)25(40)14-19)33(50-32(45)13-7-21-4-10-24(39)27(42)16-21)29(18-35)49-31(44)12-6-20-3-9-23(38)26(41)15-20;2*1-18-16(24)17(25)7-12(21)15(23)13(8-17)26-14(22)5-3-9-2-4-10(19)11(20)6-9/h2-16,28-29,33,37-42,47H,17-18H2,1H3,(H,36,46);2*2-6,12-13,15,19-21,23,25H,7-8H2,1H3,(H,18,24)/b11-5+,12-6+,13-7+;2*5-3+/t28-,29-,33?,35?;12-,13-,15+,17-;12-,13-,15-,17+/m111/s1. The van der Waals surface area contributed by atoms with Crippen molar-refractivity contribution in [3.8, 4) is 57.5 Å². The molecule has 0 heterocycles. The highest BCUT2D eigenvalue weighted by Crippen LogP contribution is 2.38. The summed E-state index contributed by atoms with van der Waals surface area (Å²) in [5, 5.41) is 174. The van der Waals surface area contributed by atoms with Crippen molar-refractivity contribution in [3.05, 3.63) is 149 Å². The first kappa shape index (κ1) is 79.3. The molecule has 3 aliphatic rings. The Morgan fingerprint density at radius 3 is 0.755 bits per heavy atom. The highest BCUT2D eigenvalue weighted by molar-refractivity contribution is 5.92. The minimum Gasteiger partial charge on any atom is -0.504 e. The molecular formula is C69H75N3O30. The Hall–Kier alpha value is -11.7. The average molecular weight is 1430 g/mol. The van der Waals surface area contributed by atoms with E-state index in [1.807, 2.05) is 0 Å². The highest BCUT2D eigenvalue weighted by atomic mass is 16.6. The van der Waals surface area contributed by atoms with E-state index in [9.17, 15) is 125 Å². The van der Waals surface area contributed by atoms with Gasteiger partial charge < -0.3 is 126 Å². The molecule has 33 heteroatoms. The van der Waals surface area contributed by atoms with E-state index in [1.54, 1.807) is 0 Å². The number of hydrogen-bond donors (Lipinski definition) is 20. The van der Waals surface area contributed by atoms with Crippen LogP contribution in [0.5, 0.6) is 57.5 Å². The van der Waals surface area contributed by atoms with Gasteiger partial charge in [-0.2, -0.15) is 0 Å². The lowest BCUT2D eigenvalue weighted by Crippen LogP contribution is -2.61. The van der Waals surface area contributed by atoms with Gasteiger partial charge in [-0.1, -0.05) is 30.3 Å². The molecule has 3 saturated carbocycles. The number of phenolic OH excluding ortho intramolecular Hbond substituents is 10. The van der Waals surface area contributed by atoms with Crippen molar-refractivity contribution in [2.24, 2.45) is 0 Å². The smallest absolute Gasteiger partial charge is 0.331 e. The van der Waals surface area contributed by atoms with E-state index in [1.165, 1.54) is 130 Å². The number of ether oxygens (including phenoxy) is 5. The number of benzene rings is 5. The third kappa shape index (κ3) is 21.6. The summed E-state index contributed by atoms with van der Waals surface area (Å²) in [7, 11) is 3.87. The molecule has 3 amide bonds. The molecule has 33 nitrogen and oxygen atoms in total. The van der Waals surface area contributed by atoms with Crippen LogP contribution in [0, 0.1) is 0 Å². The van der Waals surface area contributed by atoms with Crippen molar-refractivity contribution in [2.75, 3.05) is 21.1 Å². The molecule has 3 aliphatic carbocycles. The lowest BCUT2D eigenvalue weighted by Gasteiger charge is -2.42. The van der Waals surface area contributed by atoms with Gasteiger partial charge in [0, 0.05) is 90.0 Å². The molecule has 0 unspecified atom stereocenters. The third-order valence-electron chi connectivity index (χ3n) is 15.9. The number of carbonyl (C=O) groups is 8. The van der Waals surface area contributed by atoms with Crippen LogP contribution in [-0.4, -0.2) is 227 Å². The van der Waals surface area contributed by atoms with Gasteiger partial charge in [0.05, 0.1) is 12.2 Å². The third-order valence-corrected chi connectivity index (χ3v) is 15.9. The molecule has 102 heavy (non-hydrogen) atoms. The molecule has 5 aromatic rings. The van der Waals surface area contributed by atoms with Crippen molar-refractivity contribution in [3.63, 3.8) is 0 Å². The van der Waals surface area contributed by atoms with Crippen LogP contribution in [0.15, 0.2) is 121 Å². The predicted molar refractivity (Wildman–Crippen MR) is 352 cm³/mol. The molecule has 8 rings (SSSR count). The maximum Gasteiger partial charge on any atom is 0.331 e. The average Bonchev–Trinajstić information content (AvgIpc) is 0.789. The van der Waals surface area contributed by atoms with Gasteiger partial charge >= 0.3 is 29.8 Å². The monoisotopic (exact) mass is 1430 g/mol. The van der Waals surface area contributed by atoms with Crippen LogP contribution in [0.1, 0.15) is 66.3 Å². The second-order valence-electron chi connectivity index (χ2n) is 23.4. The zero-order valence-corrected chi connectivity index (χ0v) is 54.3. The van der Waals surface area contributed by atoms with E-state index in [-0.39, 0.29) is 65.4 Å². The van der Waals surface area contributed by atoms with Crippen LogP contribution in [0.3, 0.4) is 0 Å². The number of aromatic hydroxyl groups is 10. The van der Waals surface area contributed by atoms with E-state index >= 15 is 0 Å². The predicted octanol–water partition coefficient (Wildman–Crippen LogP) is 0.398. The van der Waals surface area contributed by atoms with Crippen molar-refractivity contribution in [2.45, 2.75) is 110 Å². The molecule has 0 bridgehead atoms. The summed E-state index contributed by atoms with van der Waals surface area (Å²) < 4.78 is 26.7. The fraction of sp³-hybridized carbons (Fsp3) is 0.304. The lowest BCUT2D eigenvalue weighted by atomic mass is 9.78. The minimum absolute atomic E-state index is 0.289. The van der Waals surface area contributed by atoms with Crippen LogP contribution in [0.2, 0.25) is 0 Å². The summed E-state index contributed by atoms with van der Waals surface area (Å²) >= 11 is 0. The van der Waals surface area contributed by atoms with Gasteiger partial charge in [0.1, 0.15) is 53.4 Å². The van der Waals surface area contributed by atoms with Gasteiger partial charge in [0.2, 0.25) is 0 Å². The number of hydrogen-bond acceptors (Lipinski definition) is 30. The van der Waals surface area contributed by atoms with E-state index in [2.05, 4.69) is 16.0 Å². The number of nitrogens with one attached hydrogen (secondary N) is 3. The van der Waals surface area contributed by atoms with Crippen molar-refractivity contribution in [1.82, 2.24) is 16.0 Å². The second-order valence-corrected chi connectivity index (χ2v) is 23.4. The number of esters is 5. The summed E-state index contributed by atoms with van der Waals surface area (Å²) in [5.41, 5.74) is -4.54. The van der Waals surface area contributed by atoms with Gasteiger partial charge in [0.15, 0.2) is 63.6 Å². The first-order valence-electron chi connectivity index (χ1n) is 30.6. The minimum atomic E-state index is -2.29. The molecule has 3 fully saturated rings. The van der Waals surface area contributed by atoms with Crippen molar-refractivity contribution >= 4 is 77.9 Å². The van der Waals surface area contributed by atoms with Crippen molar-refractivity contribution < 1.29 is 149 Å². The number of aliphatic hydroxyl groups is 7. The Balaban J connectivity index is 0.000000264. The van der Waals surface area contributed by atoms with Gasteiger partial charge in [-0.3, -0.25) is 14.4 Å². The fourth-order valence-corrected chi connectivity index (χ4v) is 10.5. The zero-order valence-electron chi connectivity index (χ0n) is 54.3. The Morgan fingerprint density at radius 2 is 0.529 bits per heavy atom. The highest BCUT2D eigenvalue weighted by Gasteiger charge is 2.55. The van der Waals surface area contributed by atoms with E-state index < -0.39 is 167 Å². The molecule has 0 aromatic heterocycles. The van der Waals surface area contributed by atoms with Crippen LogP contribution in [-0.2, 0) is 62.0 Å². The molecule has 5 aromatic carbocycles. The first-order chi connectivity index (χ1) is 48.0. The topological polar surface area (TPSA) is 563 Å². The first-order valence-corrected chi connectivity index (χ1v) is 30.6. The van der Waals surface area contributed by atoms with E-state index in [0.29, 0.717) is 11.1 Å². The van der Waals surface area contributed by atoms with Crippen LogP contribution in [0.25, 0.3) is 30.4 Å². The zero-order chi connectivity index (χ0) is 75.6. The number of phenols is 10. The van der Waals surface area contributed by atoms with Crippen LogP contribution in [0.4, 0.5) is 0 Å². The molecule has 546 valence electrons. The van der Waals surface area contributed by atoms with Gasteiger partial charge in [-0.15, -0.1) is 0 Å². The SMILES string of the molecule is CNC(=O)C1(O)C[C@@H](OC(=O)/C=C/c2ccc(O)c(O)c2)C(OC(=O)/C=C/c2ccc(O)c(O)c2)[C@H](OC(=O)/C=C/c2ccc(O)c(O)c2)C1.CNC(=O)[C@@]1(O)C[C@@H](O)[C@H](O)[C@H](OC(=O)/C=C/c2ccc(O)c(O)c2)C1.CNC(=O)[C@]1(O)C[C@@H](O)[C@@H](O)[C@H](OC(=O)/C=C/c2ccc(O)c(O)c2)C1. The summed E-state index contributed by atoms with van der Waals surface area (Å²) in [4.78, 5) is 99.3. The summed E-state index contributed by atoms with van der Waals surface area (Å²) in [6.07, 6.45) is -4.67. The van der Waals surface area contributed by atoms with E-state index in [4.69, 9.17) is 23.7 Å². The van der Waals surface area contributed by atoms with Crippen molar-refractivity contribution in [1.29, 1.82) is 0 Å². The number of amides is 3. The molecule has 0 aliphatic heterocycles. The maximum atomic E-state index is 13.0. The number of likely N-dealkylation sites (N-methyl/N-ethyl adjacent to an activating group) is 3. The second kappa shape index (κ2) is 34.9. The molecule has 0 radical (unpaired) electrons. The molecule has 0 spiro atoms. The Bertz CT molecular complexity index is 3850. The molecule has 0 saturated heterocycles. The summed E-state index contributed by atoms with van der Waals surface area (Å²) in [5.74, 6) is -11.2.